The van der Waals surface area contributed by atoms with Gasteiger partial charge < -0.3 is 15.7 Å². The van der Waals surface area contributed by atoms with Crippen molar-refractivity contribution >= 4 is 0 Å². The fourth-order valence-corrected chi connectivity index (χ4v) is 1.42. The number of unbranched alkanes of at least 4 members (excludes halogenated alkanes) is 1. The molecule has 3 N–H and O–H groups in total. The summed E-state index contributed by atoms with van der Waals surface area (Å²) in [5.41, 5.74) is 5.58. The highest BCUT2D eigenvalue weighted by Gasteiger charge is 2.04. The minimum absolute atomic E-state index is 0.273. The van der Waals surface area contributed by atoms with E-state index in [0.29, 0.717) is 12.5 Å². The van der Waals surface area contributed by atoms with Crippen molar-refractivity contribution in [2.24, 2.45) is 11.7 Å². The van der Waals surface area contributed by atoms with E-state index in [1.165, 1.54) is 12.8 Å². The summed E-state index contributed by atoms with van der Waals surface area (Å²) in [5.74, 6) is 0.521. The molecule has 0 fully saturated rings. The van der Waals surface area contributed by atoms with Crippen LogP contribution in [0.1, 0.15) is 25.7 Å². The topological polar surface area (TPSA) is 49.5 Å². The molecule has 0 saturated heterocycles. The van der Waals surface area contributed by atoms with Crippen molar-refractivity contribution in [1.29, 1.82) is 0 Å². The van der Waals surface area contributed by atoms with Crippen LogP contribution in [-0.4, -0.2) is 43.8 Å². The number of nitrogens with two attached hydrogens (primary N) is 1. The first-order chi connectivity index (χ1) is 6.20. The van der Waals surface area contributed by atoms with Gasteiger partial charge in [-0.25, -0.2) is 0 Å². The molecule has 1 atom stereocenters. The summed E-state index contributed by atoms with van der Waals surface area (Å²) in [7, 11) is 4.18. The Labute approximate surface area is 81.9 Å². The molecule has 0 unspecified atom stereocenters. The largest absolute Gasteiger partial charge is 0.396 e. The minimum atomic E-state index is 0.273. The lowest BCUT2D eigenvalue weighted by atomic mass is 9.99. The van der Waals surface area contributed by atoms with Gasteiger partial charge in [0.25, 0.3) is 0 Å². The molecule has 0 aromatic carbocycles. The Morgan fingerprint density at radius 3 is 2.38 bits per heavy atom. The van der Waals surface area contributed by atoms with E-state index >= 15 is 0 Å². The molecule has 0 bridgehead atoms. The van der Waals surface area contributed by atoms with E-state index in [4.69, 9.17) is 10.8 Å². The number of hydrogen-bond acceptors (Lipinski definition) is 3. The maximum absolute atomic E-state index is 8.75. The SMILES string of the molecule is CN(C)CCCC[C@H](CN)CCO. The molecule has 0 aliphatic carbocycles. The van der Waals surface area contributed by atoms with Crippen molar-refractivity contribution < 1.29 is 5.11 Å². The molecule has 0 rings (SSSR count). The van der Waals surface area contributed by atoms with Crippen LogP contribution in [0.5, 0.6) is 0 Å². The molecule has 0 heterocycles. The Morgan fingerprint density at radius 1 is 1.23 bits per heavy atom. The van der Waals surface area contributed by atoms with Gasteiger partial charge in [0, 0.05) is 6.61 Å². The van der Waals surface area contributed by atoms with E-state index in [9.17, 15) is 0 Å². The quantitative estimate of drug-likeness (QED) is 0.551. The van der Waals surface area contributed by atoms with E-state index in [0.717, 1.165) is 19.4 Å². The average Bonchev–Trinajstić information content (AvgIpc) is 2.10. The monoisotopic (exact) mass is 188 g/mol. The van der Waals surface area contributed by atoms with Gasteiger partial charge in [-0.05, 0) is 52.4 Å². The molecular weight excluding hydrogens is 164 g/mol. The van der Waals surface area contributed by atoms with Crippen molar-refractivity contribution in [2.45, 2.75) is 25.7 Å². The van der Waals surface area contributed by atoms with Gasteiger partial charge >= 0.3 is 0 Å². The van der Waals surface area contributed by atoms with E-state index in [1.54, 1.807) is 0 Å². The smallest absolute Gasteiger partial charge is 0.0434 e. The fourth-order valence-electron chi connectivity index (χ4n) is 1.42. The third kappa shape index (κ3) is 8.22. The third-order valence-electron chi connectivity index (χ3n) is 2.34. The van der Waals surface area contributed by atoms with E-state index in [1.807, 2.05) is 0 Å². The first-order valence-corrected chi connectivity index (χ1v) is 5.16. The van der Waals surface area contributed by atoms with Crippen LogP contribution in [0.25, 0.3) is 0 Å². The maximum Gasteiger partial charge on any atom is 0.0434 e. The van der Waals surface area contributed by atoms with Gasteiger partial charge in [0.05, 0.1) is 0 Å². The predicted octanol–water partition coefficient (Wildman–Crippen LogP) is 0.676. The molecule has 0 spiro atoms. The summed E-state index contributed by atoms with van der Waals surface area (Å²) >= 11 is 0. The zero-order valence-electron chi connectivity index (χ0n) is 9.00. The molecular formula is C10H24N2O. The van der Waals surface area contributed by atoms with Gasteiger partial charge in [-0.15, -0.1) is 0 Å². The normalized spacial score (nSPS) is 13.6. The molecule has 80 valence electrons. The minimum Gasteiger partial charge on any atom is -0.396 e. The number of aliphatic hydroxyl groups is 1. The van der Waals surface area contributed by atoms with Crippen molar-refractivity contribution in [3.8, 4) is 0 Å². The zero-order chi connectivity index (χ0) is 10.1. The average molecular weight is 188 g/mol. The van der Waals surface area contributed by atoms with Crippen LogP contribution >= 0.6 is 0 Å². The van der Waals surface area contributed by atoms with Gasteiger partial charge in [0.1, 0.15) is 0 Å². The van der Waals surface area contributed by atoms with Crippen LogP contribution in [0.15, 0.2) is 0 Å². The summed E-state index contributed by atoms with van der Waals surface area (Å²) in [6, 6.07) is 0. The molecule has 0 aliphatic heterocycles. The Kier molecular flexibility index (Phi) is 8.40. The summed E-state index contributed by atoms with van der Waals surface area (Å²) in [6.45, 7) is 2.13. The van der Waals surface area contributed by atoms with Crippen LogP contribution in [-0.2, 0) is 0 Å². The lowest BCUT2D eigenvalue weighted by Crippen LogP contribution is -2.17. The van der Waals surface area contributed by atoms with Crippen molar-refractivity contribution in [3.05, 3.63) is 0 Å². The van der Waals surface area contributed by atoms with Gasteiger partial charge in [-0.1, -0.05) is 6.42 Å². The standard InChI is InChI=1S/C10H24N2O/c1-12(2)7-4-3-5-10(9-11)6-8-13/h10,13H,3-9,11H2,1-2H3/t10-/m0/s1. The molecule has 0 aromatic heterocycles. The first kappa shape index (κ1) is 12.9. The Bertz CT molecular complexity index is 107. The zero-order valence-corrected chi connectivity index (χ0v) is 9.00. The Balaban J connectivity index is 3.27. The van der Waals surface area contributed by atoms with Gasteiger partial charge in [-0.2, -0.15) is 0 Å². The second-order valence-corrected chi connectivity index (χ2v) is 3.91. The van der Waals surface area contributed by atoms with Gasteiger partial charge in [0.2, 0.25) is 0 Å². The van der Waals surface area contributed by atoms with Crippen LogP contribution in [0, 0.1) is 5.92 Å². The number of aliphatic hydroxyl groups excluding tert-OH is 1. The highest BCUT2D eigenvalue weighted by Crippen LogP contribution is 2.10. The predicted molar refractivity (Wildman–Crippen MR) is 56.7 cm³/mol. The molecule has 0 radical (unpaired) electrons. The molecule has 3 heteroatoms. The van der Waals surface area contributed by atoms with Gasteiger partial charge in [0.15, 0.2) is 0 Å². The molecule has 13 heavy (non-hydrogen) atoms. The fraction of sp³-hybridized carbons (Fsp3) is 1.00. The summed E-state index contributed by atoms with van der Waals surface area (Å²) in [5, 5.41) is 8.75. The molecule has 0 amide bonds. The van der Waals surface area contributed by atoms with E-state index in [-0.39, 0.29) is 6.61 Å². The highest BCUT2D eigenvalue weighted by atomic mass is 16.3. The number of nitrogens with zero attached hydrogens (tertiary/aromatic N) is 1. The second kappa shape index (κ2) is 8.48. The summed E-state index contributed by atoms with van der Waals surface area (Å²) < 4.78 is 0. The lowest BCUT2D eigenvalue weighted by molar-refractivity contribution is 0.250. The van der Waals surface area contributed by atoms with Crippen molar-refractivity contribution in [3.63, 3.8) is 0 Å². The number of rotatable bonds is 8. The third-order valence-corrected chi connectivity index (χ3v) is 2.34. The van der Waals surface area contributed by atoms with Gasteiger partial charge in [-0.3, -0.25) is 0 Å². The lowest BCUT2D eigenvalue weighted by Gasteiger charge is -2.14. The molecule has 0 saturated carbocycles. The summed E-state index contributed by atoms with van der Waals surface area (Å²) in [4.78, 5) is 2.20. The van der Waals surface area contributed by atoms with Crippen molar-refractivity contribution in [1.82, 2.24) is 4.90 Å². The number of hydrogen-bond donors (Lipinski definition) is 2. The second-order valence-electron chi connectivity index (χ2n) is 3.91. The highest BCUT2D eigenvalue weighted by molar-refractivity contribution is 4.60. The maximum atomic E-state index is 8.75. The Hall–Kier alpha value is -0.120. The van der Waals surface area contributed by atoms with Crippen LogP contribution in [0.3, 0.4) is 0 Å². The molecule has 0 aliphatic rings. The van der Waals surface area contributed by atoms with E-state index in [2.05, 4.69) is 19.0 Å². The molecule has 0 aromatic rings. The Morgan fingerprint density at radius 2 is 1.92 bits per heavy atom. The van der Waals surface area contributed by atoms with E-state index < -0.39 is 0 Å². The summed E-state index contributed by atoms with van der Waals surface area (Å²) in [6.07, 6.45) is 4.47. The van der Waals surface area contributed by atoms with Crippen molar-refractivity contribution in [2.75, 3.05) is 33.8 Å². The molecule has 3 nitrogen and oxygen atoms in total. The first-order valence-electron chi connectivity index (χ1n) is 5.16. The van der Waals surface area contributed by atoms with Crippen LogP contribution in [0.2, 0.25) is 0 Å². The van der Waals surface area contributed by atoms with Crippen LogP contribution in [0.4, 0.5) is 0 Å². The van der Waals surface area contributed by atoms with Crippen LogP contribution < -0.4 is 5.73 Å².